The Balaban J connectivity index is 1.61. The zero-order valence-electron chi connectivity index (χ0n) is 23.2. The molecule has 0 bridgehead atoms. The third-order valence-corrected chi connectivity index (χ3v) is 10.2. The van der Waals surface area contributed by atoms with Gasteiger partial charge in [0.25, 0.3) is 0 Å². The number of sulfonamides is 1. The van der Waals surface area contributed by atoms with Crippen molar-refractivity contribution in [3.63, 3.8) is 0 Å². The van der Waals surface area contributed by atoms with Crippen LogP contribution in [0.5, 0.6) is 0 Å². The third-order valence-electron chi connectivity index (χ3n) is 7.89. The first kappa shape index (κ1) is 29.4. The van der Waals surface area contributed by atoms with Gasteiger partial charge in [0.2, 0.25) is 15.9 Å². The lowest BCUT2D eigenvalue weighted by Crippen LogP contribution is -2.49. The Kier molecular flexibility index (Phi) is 9.91. The van der Waals surface area contributed by atoms with Crippen LogP contribution in [0.4, 0.5) is 0 Å². The molecule has 1 amide bonds. The minimum absolute atomic E-state index is 0.0933. The molecule has 0 radical (unpaired) electrons. The van der Waals surface area contributed by atoms with Gasteiger partial charge >= 0.3 is 0 Å². The van der Waals surface area contributed by atoms with Crippen molar-refractivity contribution in [2.75, 3.05) is 6.54 Å². The second-order valence-electron chi connectivity index (χ2n) is 10.7. The summed E-state index contributed by atoms with van der Waals surface area (Å²) in [5.74, 6) is -0.150. The molecule has 1 unspecified atom stereocenters. The molecular formula is C31H40ClN3O3S. The number of hydrogen-bond donors (Lipinski definition) is 0. The summed E-state index contributed by atoms with van der Waals surface area (Å²) in [7, 11) is -3.84. The fraction of sp³-hybridized carbons (Fsp3) is 0.452. The number of aryl methyl sites for hydroxylation is 1. The normalized spacial score (nSPS) is 15.4. The minimum Gasteiger partial charge on any atom is -0.345 e. The van der Waals surface area contributed by atoms with Crippen LogP contribution < -0.4 is 0 Å². The summed E-state index contributed by atoms with van der Waals surface area (Å²) in [6.45, 7) is 6.62. The molecule has 0 saturated heterocycles. The van der Waals surface area contributed by atoms with Crippen molar-refractivity contribution < 1.29 is 13.2 Å². The molecule has 1 atom stereocenters. The van der Waals surface area contributed by atoms with Gasteiger partial charge in [-0.1, -0.05) is 73.7 Å². The second kappa shape index (κ2) is 13.2. The van der Waals surface area contributed by atoms with Gasteiger partial charge in [0.1, 0.15) is 0 Å². The van der Waals surface area contributed by atoms with Crippen LogP contribution in [0.25, 0.3) is 0 Å². The van der Waals surface area contributed by atoms with Crippen LogP contribution in [0, 0.1) is 6.92 Å². The second-order valence-corrected chi connectivity index (χ2v) is 13.0. The van der Waals surface area contributed by atoms with E-state index >= 15 is 0 Å². The highest BCUT2D eigenvalue weighted by Crippen LogP contribution is 2.27. The van der Waals surface area contributed by atoms with Gasteiger partial charge in [-0.05, 0) is 69.0 Å². The summed E-state index contributed by atoms with van der Waals surface area (Å²) < 4.78 is 31.0. The molecule has 0 N–H and O–H groups in total. The number of carbonyl (C=O) groups is 1. The minimum atomic E-state index is -3.84. The standard InChI is InChI=1S/C31H40ClN3O3S/c1-4-25(3)35(39(37,38)29-18-16-24(2)17-19-29)23-31(36)34(27-12-6-5-7-13-27)22-28-14-10-20-33(28)21-26-11-8-9-15-30(26)32/h8-11,14-20,25,27H,4-7,12-13,21-23H2,1-3H3. The highest BCUT2D eigenvalue weighted by atomic mass is 35.5. The van der Waals surface area contributed by atoms with E-state index in [0.717, 1.165) is 42.5 Å². The van der Waals surface area contributed by atoms with Crippen molar-refractivity contribution in [2.45, 2.75) is 89.4 Å². The molecule has 4 rings (SSSR count). The average Bonchev–Trinajstić information content (AvgIpc) is 3.38. The van der Waals surface area contributed by atoms with Crippen molar-refractivity contribution in [1.29, 1.82) is 0 Å². The number of benzene rings is 2. The molecule has 6 nitrogen and oxygen atoms in total. The summed E-state index contributed by atoms with van der Waals surface area (Å²) in [4.78, 5) is 16.2. The van der Waals surface area contributed by atoms with Crippen molar-refractivity contribution in [1.82, 2.24) is 13.8 Å². The molecule has 210 valence electrons. The molecule has 2 aromatic carbocycles. The Morgan fingerprint density at radius 3 is 2.38 bits per heavy atom. The first-order valence-corrected chi connectivity index (χ1v) is 15.8. The van der Waals surface area contributed by atoms with E-state index in [2.05, 4.69) is 4.57 Å². The molecule has 39 heavy (non-hydrogen) atoms. The summed E-state index contributed by atoms with van der Waals surface area (Å²) in [5.41, 5.74) is 3.01. The Morgan fingerprint density at radius 2 is 1.72 bits per heavy atom. The van der Waals surface area contributed by atoms with Crippen LogP contribution in [0.1, 0.15) is 69.2 Å². The highest BCUT2D eigenvalue weighted by Gasteiger charge is 2.34. The van der Waals surface area contributed by atoms with E-state index in [1.807, 2.05) is 68.3 Å². The summed E-state index contributed by atoms with van der Waals surface area (Å²) in [5, 5.41) is 0.711. The Morgan fingerprint density at radius 1 is 1.03 bits per heavy atom. The van der Waals surface area contributed by atoms with Crippen LogP contribution in [0.15, 0.2) is 71.8 Å². The molecule has 3 aromatic rings. The topological polar surface area (TPSA) is 62.6 Å². The Bertz CT molecular complexity index is 1350. The number of hydrogen-bond acceptors (Lipinski definition) is 3. The largest absolute Gasteiger partial charge is 0.345 e. The van der Waals surface area contributed by atoms with E-state index in [0.29, 0.717) is 24.5 Å². The number of carbonyl (C=O) groups excluding carboxylic acids is 1. The number of aromatic nitrogens is 1. The quantitative estimate of drug-likeness (QED) is 0.260. The Hall–Kier alpha value is -2.61. The average molecular weight is 570 g/mol. The Labute approximate surface area is 238 Å². The molecule has 1 fully saturated rings. The van der Waals surface area contributed by atoms with Gasteiger partial charge in [-0.2, -0.15) is 4.31 Å². The van der Waals surface area contributed by atoms with Crippen LogP contribution in [-0.4, -0.2) is 46.7 Å². The van der Waals surface area contributed by atoms with Crippen molar-refractivity contribution in [3.8, 4) is 0 Å². The van der Waals surface area contributed by atoms with E-state index in [1.54, 1.807) is 24.3 Å². The summed E-state index contributed by atoms with van der Waals surface area (Å²) >= 11 is 6.43. The molecule has 1 saturated carbocycles. The third kappa shape index (κ3) is 7.13. The fourth-order valence-corrected chi connectivity index (χ4v) is 7.15. The summed E-state index contributed by atoms with van der Waals surface area (Å²) in [6.07, 6.45) is 7.81. The summed E-state index contributed by atoms with van der Waals surface area (Å²) in [6, 6.07) is 18.4. The van der Waals surface area contributed by atoms with Crippen molar-refractivity contribution in [3.05, 3.63) is 88.7 Å². The van der Waals surface area contributed by atoms with Crippen LogP contribution in [0.2, 0.25) is 5.02 Å². The van der Waals surface area contributed by atoms with E-state index in [1.165, 1.54) is 10.7 Å². The first-order chi connectivity index (χ1) is 18.7. The van der Waals surface area contributed by atoms with Crippen molar-refractivity contribution >= 4 is 27.5 Å². The van der Waals surface area contributed by atoms with E-state index in [9.17, 15) is 13.2 Å². The molecule has 1 aliphatic carbocycles. The van der Waals surface area contributed by atoms with Gasteiger partial charge in [-0.15, -0.1) is 0 Å². The SMILES string of the molecule is CCC(C)N(CC(=O)N(Cc1cccn1Cc1ccccc1Cl)C1CCCCC1)S(=O)(=O)c1ccc(C)cc1. The van der Waals surface area contributed by atoms with E-state index in [4.69, 9.17) is 11.6 Å². The number of halogens is 1. The number of nitrogens with zero attached hydrogens (tertiary/aromatic N) is 3. The van der Waals surface area contributed by atoms with Gasteiger partial charge in [0, 0.05) is 35.5 Å². The maximum Gasteiger partial charge on any atom is 0.243 e. The lowest BCUT2D eigenvalue weighted by Gasteiger charge is -2.37. The van der Waals surface area contributed by atoms with E-state index in [-0.39, 0.29) is 29.4 Å². The van der Waals surface area contributed by atoms with E-state index < -0.39 is 10.0 Å². The van der Waals surface area contributed by atoms with Gasteiger partial charge < -0.3 is 9.47 Å². The zero-order chi connectivity index (χ0) is 28.0. The molecule has 0 spiro atoms. The van der Waals surface area contributed by atoms with Crippen LogP contribution >= 0.6 is 11.6 Å². The molecule has 1 aliphatic rings. The van der Waals surface area contributed by atoms with Crippen LogP contribution in [0.3, 0.4) is 0 Å². The fourth-order valence-electron chi connectivity index (χ4n) is 5.30. The maximum atomic E-state index is 14.0. The smallest absolute Gasteiger partial charge is 0.243 e. The highest BCUT2D eigenvalue weighted by molar-refractivity contribution is 7.89. The lowest BCUT2D eigenvalue weighted by molar-refractivity contribution is -0.135. The predicted octanol–water partition coefficient (Wildman–Crippen LogP) is 6.65. The molecule has 1 aromatic heterocycles. The monoisotopic (exact) mass is 569 g/mol. The first-order valence-electron chi connectivity index (χ1n) is 14.0. The lowest BCUT2D eigenvalue weighted by atomic mass is 9.94. The van der Waals surface area contributed by atoms with Gasteiger partial charge in [0.05, 0.1) is 18.0 Å². The molecule has 8 heteroatoms. The molecular weight excluding hydrogens is 530 g/mol. The zero-order valence-corrected chi connectivity index (χ0v) is 24.8. The molecule has 1 heterocycles. The number of amides is 1. The predicted molar refractivity (Wildman–Crippen MR) is 157 cm³/mol. The van der Waals surface area contributed by atoms with Gasteiger partial charge in [-0.25, -0.2) is 8.42 Å². The number of rotatable bonds is 11. The molecule has 0 aliphatic heterocycles. The van der Waals surface area contributed by atoms with Crippen molar-refractivity contribution in [2.24, 2.45) is 0 Å². The maximum absolute atomic E-state index is 14.0. The van der Waals surface area contributed by atoms with Crippen LogP contribution in [-0.2, 0) is 27.9 Å². The van der Waals surface area contributed by atoms with Gasteiger partial charge in [-0.3, -0.25) is 4.79 Å². The van der Waals surface area contributed by atoms with Gasteiger partial charge in [0.15, 0.2) is 0 Å².